The van der Waals surface area contributed by atoms with Crippen molar-refractivity contribution in [1.82, 2.24) is 0 Å². The second-order valence-electron chi connectivity index (χ2n) is 3.43. The average molecular weight is 291 g/mol. The van der Waals surface area contributed by atoms with Crippen LogP contribution in [-0.4, -0.2) is 6.21 Å². The van der Waals surface area contributed by atoms with E-state index >= 15 is 0 Å². The Morgan fingerprint density at radius 2 is 2.00 bits per heavy atom. The molecule has 3 nitrogen and oxygen atoms in total. The minimum atomic E-state index is 0.596. The summed E-state index contributed by atoms with van der Waals surface area (Å²) in [6.07, 6.45) is 10.2. The molecule has 0 amide bonds. The van der Waals surface area contributed by atoms with E-state index in [0.717, 1.165) is 11.3 Å². The van der Waals surface area contributed by atoms with Crippen LogP contribution in [0.2, 0.25) is 0 Å². The van der Waals surface area contributed by atoms with Gasteiger partial charge < -0.3 is 15.9 Å². The molecule has 0 radical (unpaired) electrons. The maximum Gasteiger partial charge on any atom is 0.126 e. The zero-order chi connectivity index (χ0) is 15.1. The summed E-state index contributed by atoms with van der Waals surface area (Å²) in [4.78, 5) is 0. The lowest BCUT2D eigenvalue weighted by Crippen LogP contribution is -1.81. The Kier molecular flexibility index (Phi) is 11.7. The monoisotopic (exact) mass is 290 g/mol. The highest BCUT2D eigenvalue weighted by Gasteiger charge is 1.86. The molecule has 0 bridgehead atoms. The fourth-order valence-electron chi connectivity index (χ4n) is 1.12. The Morgan fingerprint density at radius 3 is 2.50 bits per heavy atom. The van der Waals surface area contributed by atoms with Crippen LogP contribution in [-0.2, 0) is 0 Å². The van der Waals surface area contributed by atoms with Gasteiger partial charge in [0.05, 0.1) is 6.26 Å². The number of ether oxygens (including phenoxy) is 1. The standard InChI is InChI=1S/C14H15NO.C2H4ClN/c1-2-13(10-11-15)7-6-12-16-14-8-4-3-5-9-14;3-1-2-4/h2-9,11-12,15H,1,10H2;1-2H,4H2/b12-6+,13-7+,15-11?;2-1+. The van der Waals surface area contributed by atoms with Gasteiger partial charge in [-0.05, 0) is 30.0 Å². The van der Waals surface area contributed by atoms with E-state index in [1.165, 1.54) is 17.9 Å². The molecule has 0 fully saturated rings. The van der Waals surface area contributed by atoms with E-state index in [4.69, 9.17) is 27.5 Å². The van der Waals surface area contributed by atoms with Crippen molar-refractivity contribution in [2.24, 2.45) is 5.73 Å². The molecule has 0 saturated carbocycles. The number of halogens is 1. The van der Waals surface area contributed by atoms with Gasteiger partial charge in [0.15, 0.2) is 0 Å². The van der Waals surface area contributed by atoms with E-state index in [0.29, 0.717) is 6.42 Å². The van der Waals surface area contributed by atoms with Gasteiger partial charge >= 0.3 is 0 Å². The molecule has 0 heterocycles. The third-order valence-electron chi connectivity index (χ3n) is 2.01. The molecule has 4 heteroatoms. The van der Waals surface area contributed by atoms with Crippen molar-refractivity contribution >= 4 is 17.8 Å². The first-order valence-electron chi connectivity index (χ1n) is 5.94. The fraction of sp³-hybridized carbons (Fsp3) is 0.0625. The number of benzene rings is 1. The van der Waals surface area contributed by atoms with Crippen LogP contribution >= 0.6 is 11.6 Å². The van der Waals surface area contributed by atoms with Gasteiger partial charge in [-0.3, -0.25) is 0 Å². The smallest absolute Gasteiger partial charge is 0.126 e. The van der Waals surface area contributed by atoms with Gasteiger partial charge in [-0.1, -0.05) is 48.5 Å². The van der Waals surface area contributed by atoms with Crippen LogP contribution < -0.4 is 10.5 Å². The summed E-state index contributed by atoms with van der Waals surface area (Å²) in [5, 5.41) is 6.98. The Labute approximate surface area is 125 Å². The Morgan fingerprint density at radius 1 is 1.35 bits per heavy atom. The molecule has 1 rings (SSSR count). The highest BCUT2D eigenvalue weighted by atomic mass is 35.5. The second kappa shape index (κ2) is 13.2. The van der Waals surface area contributed by atoms with Gasteiger partial charge in [-0.25, -0.2) is 0 Å². The summed E-state index contributed by atoms with van der Waals surface area (Å²) in [7, 11) is 0. The van der Waals surface area contributed by atoms with E-state index < -0.39 is 0 Å². The number of nitrogens with two attached hydrogens (primary N) is 1. The van der Waals surface area contributed by atoms with Crippen molar-refractivity contribution in [2.45, 2.75) is 6.42 Å². The van der Waals surface area contributed by atoms with Crippen LogP contribution in [0.25, 0.3) is 0 Å². The highest BCUT2D eigenvalue weighted by Crippen LogP contribution is 2.08. The number of rotatable bonds is 6. The molecular formula is C16H19ClN2O. The summed E-state index contributed by atoms with van der Waals surface area (Å²) in [5.41, 5.74) is 6.95. The summed E-state index contributed by atoms with van der Waals surface area (Å²) in [6, 6.07) is 9.56. The van der Waals surface area contributed by atoms with Gasteiger partial charge in [0.25, 0.3) is 0 Å². The average Bonchev–Trinajstić information content (AvgIpc) is 2.51. The number of allylic oxidation sites excluding steroid dienone is 4. The Hall–Kier alpha value is -2.26. The molecule has 1 aromatic rings. The van der Waals surface area contributed by atoms with Crippen molar-refractivity contribution in [3.05, 3.63) is 78.7 Å². The van der Waals surface area contributed by atoms with Crippen LogP contribution in [0.15, 0.2) is 78.7 Å². The molecule has 0 unspecified atom stereocenters. The molecule has 0 aliphatic carbocycles. The van der Waals surface area contributed by atoms with Gasteiger partial charge in [0, 0.05) is 18.2 Å². The Bertz CT molecular complexity index is 461. The van der Waals surface area contributed by atoms with Gasteiger partial charge in [0.2, 0.25) is 0 Å². The van der Waals surface area contributed by atoms with Crippen LogP contribution in [0.4, 0.5) is 0 Å². The van der Waals surface area contributed by atoms with E-state index in [-0.39, 0.29) is 0 Å². The number of para-hydroxylation sites is 1. The lowest BCUT2D eigenvalue weighted by molar-refractivity contribution is 0.481. The van der Waals surface area contributed by atoms with Crippen molar-refractivity contribution in [3.8, 4) is 5.75 Å². The van der Waals surface area contributed by atoms with Gasteiger partial charge in [0.1, 0.15) is 5.75 Å². The maximum absolute atomic E-state index is 6.98. The van der Waals surface area contributed by atoms with E-state index in [2.05, 4.69) is 6.58 Å². The van der Waals surface area contributed by atoms with Crippen molar-refractivity contribution in [1.29, 1.82) is 5.41 Å². The zero-order valence-corrected chi connectivity index (χ0v) is 12.0. The summed E-state index contributed by atoms with van der Waals surface area (Å²) >= 11 is 4.88. The van der Waals surface area contributed by atoms with Crippen LogP contribution in [0.3, 0.4) is 0 Å². The molecule has 0 aliphatic heterocycles. The lowest BCUT2D eigenvalue weighted by Gasteiger charge is -1.97. The molecule has 0 aromatic heterocycles. The normalized spacial score (nSPS) is 10.9. The molecule has 1 aromatic carbocycles. The molecule has 0 atom stereocenters. The molecule has 0 aliphatic rings. The predicted molar refractivity (Wildman–Crippen MR) is 87.1 cm³/mol. The van der Waals surface area contributed by atoms with E-state index in [1.807, 2.05) is 36.4 Å². The molecule has 20 heavy (non-hydrogen) atoms. The minimum Gasteiger partial charge on any atom is -0.465 e. The minimum absolute atomic E-state index is 0.596. The first-order chi connectivity index (χ1) is 9.78. The predicted octanol–water partition coefficient (Wildman–Crippen LogP) is 4.39. The SMILES string of the molecule is C=C/C(=C\C=C\Oc1ccccc1)CC=N.N/C=C/Cl. The topological polar surface area (TPSA) is 59.1 Å². The highest BCUT2D eigenvalue weighted by molar-refractivity contribution is 6.25. The Balaban J connectivity index is 0.000000796. The van der Waals surface area contributed by atoms with Crippen LogP contribution in [0.5, 0.6) is 5.75 Å². The third-order valence-corrected chi connectivity index (χ3v) is 2.15. The quantitative estimate of drug-likeness (QED) is 0.464. The van der Waals surface area contributed by atoms with Crippen molar-refractivity contribution in [3.63, 3.8) is 0 Å². The van der Waals surface area contributed by atoms with Crippen LogP contribution in [0, 0.1) is 5.41 Å². The second-order valence-corrected chi connectivity index (χ2v) is 3.68. The molecular weight excluding hydrogens is 272 g/mol. The third kappa shape index (κ3) is 9.74. The molecule has 0 spiro atoms. The first-order valence-corrected chi connectivity index (χ1v) is 6.37. The van der Waals surface area contributed by atoms with Crippen molar-refractivity contribution < 1.29 is 4.74 Å². The number of hydrogen-bond acceptors (Lipinski definition) is 3. The molecule has 0 saturated heterocycles. The van der Waals surface area contributed by atoms with E-state index in [1.54, 1.807) is 18.4 Å². The van der Waals surface area contributed by atoms with Crippen LogP contribution in [0.1, 0.15) is 6.42 Å². The van der Waals surface area contributed by atoms with Gasteiger partial charge in [-0.2, -0.15) is 0 Å². The van der Waals surface area contributed by atoms with Crippen molar-refractivity contribution in [2.75, 3.05) is 0 Å². The maximum atomic E-state index is 6.98. The lowest BCUT2D eigenvalue weighted by atomic mass is 10.2. The number of hydrogen-bond donors (Lipinski definition) is 2. The largest absolute Gasteiger partial charge is 0.465 e. The zero-order valence-electron chi connectivity index (χ0n) is 11.2. The summed E-state index contributed by atoms with van der Waals surface area (Å²) in [5.74, 6) is 0.805. The van der Waals surface area contributed by atoms with E-state index in [9.17, 15) is 0 Å². The molecule has 3 N–H and O–H groups in total. The fourth-order valence-corrected chi connectivity index (χ4v) is 1.12. The first kappa shape index (κ1) is 17.7. The van der Waals surface area contributed by atoms with Gasteiger partial charge in [-0.15, -0.1) is 0 Å². The number of nitrogens with one attached hydrogen (secondary N) is 1. The summed E-state index contributed by atoms with van der Waals surface area (Å²) < 4.78 is 5.36. The molecule has 106 valence electrons. The summed E-state index contributed by atoms with van der Waals surface area (Å²) in [6.45, 7) is 3.67.